The summed E-state index contributed by atoms with van der Waals surface area (Å²) in [4.78, 5) is 23.7. The predicted octanol–water partition coefficient (Wildman–Crippen LogP) is 3.47. The summed E-state index contributed by atoms with van der Waals surface area (Å²) in [5, 5.41) is 2.55. The quantitative estimate of drug-likeness (QED) is 0.618. The minimum Gasteiger partial charge on any atom is -0.457 e. The molecule has 0 saturated heterocycles. The van der Waals surface area contributed by atoms with Gasteiger partial charge in [0, 0.05) is 6.54 Å². The zero-order valence-corrected chi connectivity index (χ0v) is 13.7. The molecule has 0 aliphatic heterocycles. The third kappa shape index (κ3) is 5.46. The first-order chi connectivity index (χ1) is 12.0. The van der Waals surface area contributed by atoms with E-state index >= 15 is 0 Å². The first-order valence-corrected chi connectivity index (χ1v) is 7.62. The minimum atomic E-state index is -0.914. The number of hydrogen-bond donors (Lipinski definition) is 1. The van der Waals surface area contributed by atoms with Crippen molar-refractivity contribution in [2.24, 2.45) is 0 Å². The lowest BCUT2D eigenvalue weighted by atomic mass is 10.2. The van der Waals surface area contributed by atoms with Gasteiger partial charge in [-0.15, -0.1) is 6.58 Å². The van der Waals surface area contributed by atoms with Crippen LogP contribution in [-0.4, -0.2) is 24.5 Å². The molecule has 0 fully saturated rings. The smallest absolute Gasteiger partial charge is 0.338 e. The normalized spacial score (nSPS) is 11.3. The van der Waals surface area contributed by atoms with Crippen LogP contribution in [0.4, 0.5) is 4.39 Å². The fraction of sp³-hybridized carbons (Fsp3) is 0.158. The monoisotopic (exact) mass is 343 g/mol. The predicted molar refractivity (Wildman–Crippen MR) is 91.0 cm³/mol. The molecule has 2 aromatic carbocycles. The van der Waals surface area contributed by atoms with Crippen LogP contribution in [0.5, 0.6) is 11.5 Å². The molecule has 130 valence electrons. The van der Waals surface area contributed by atoms with Gasteiger partial charge in [-0.25, -0.2) is 9.18 Å². The first kappa shape index (κ1) is 18.2. The number of halogens is 1. The van der Waals surface area contributed by atoms with Crippen molar-refractivity contribution in [3.05, 3.63) is 72.6 Å². The summed E-state index contributed by atoms with van der Waals surface area (Å²) in [5.74, 6) is -0.403. The Morgan fingerprint density at radius 1 is 1.12 bits per heavy atom. The molecule has 2 aromatic rings. The molecule has 0 aliphatic carbocycles. The van der Waals surface area contributed by atoms with E-state index in [1.165, 1.54) is 49.4 Å². The Balaban J connectivity index is 1.94. The van der Waals surface area contributed by atoms with Crippen LogP contribution in [0.1, 0.15) is 17.3 Å². The summed E-state index contributed by atoms with van der Waals surface area (Å²) in [5.41, 5.74) is 0.287. The number of nitrogens with one attached hydrogen (secondary N) is 1. The average molecular weight is 343 g/mol. The Hall–Kier alpha value is -3.15. The van der Waals surface area contributed by atoms with Gasteiger partial charge in [0.25, 0.3) is 5.91 Å². The Kier molecular flexibility index (Phi) is 6.28. The molecule has 0 saturated carbocycles. The molecular formula is C19H18FNO4. The number of ether oxygens (including phenoxy) is 2. The van der Waals surface area contributed by atoms with Crippen LogP contribution in [0.3, 0.4) is 0 Å². The van der Waals surface area contributed by atoms with E-state index in [0.29, 0.717) is 18.0 Å². The number of rotatable bonds is 7. The molecule has 2 rings (SSSR count). The van der Waals surface area contributed by atoms with Crippen LogP contribution in [0.25, 0.3) is 0 Å². The van der Waals surface area contributed by atoms with Crippen molar-refractivity contribution >= 4 is 11.9 Å². The second-order valence-electron chi connectivity index (χ2n) is 5.16. The van der Waals surface area contributed by atoms with E-state index in [1.54, 1.807) is 12.1 Å². The molecule has 6 heteroatoms. The zero-order chi connectivity index (χ0) is 18.2. The molecule has 1 amide bonds. The first-order valence-electron chi connectivity index (χ1n) is 7.62. The summed E-state index contributed by atoms with van der Waals surface area (Å²) in [6, 6.07) is 11.8. The number of carbonyl (C=O) groups is 2. The standard InChI is InChI=1S/C19H18FNO4/c1-3-12-21-18(22)13(2)24-19(23)14-4-8-16(9-5-14)25-17-10-6-15(20)7-11-17/h3-11,13H,1,12H2,2H3,(H,21,22)/t13-/m0/s1. The van der Waals surface area contributed by atoms with E-state index in [9.17, 15) is 14.0 Å². The van der Waals surface area contributed by atoms with E-state index in [-0.39, 0.29) is 11.4 Å². The Morgan fingerprint density at radius 3 is 2.24 bits per heavy atom. The second-order valence-corrected chi connectivity index (χ2v) is 5.16. The molecular weight excluding hydrogens is 325 g/mol. The van der Waals surface area contributed by atoms with Gasteiger partial charge in [0.1, 0.15) is 17.3 Å². The Bertz CT molecular complexity index is 741. The van der Waals surface area contributed by atoms with Crippen molar-refractivity contribution in [2.45, 2.75) is 13.0 Å². The van der Waals surface area contributed by atoms with Crippen molar-refractivity contribution in [3.8, 4) is 11.5 Å². The van der Waals surface area contributed by atoms with Crippen LogP contribution in [0.15, 0.2) is 61.2 Å². The molecule has 0 aliphatic rings. The Labute approximate surface area is 145 Å². The number of hydrogen-bond acceptors (Lipinski definition) is 4. The Morgan fingerprint density at radius 2 is 1.68 bits per heavy atom. The van der Waals surface area contributed by atoms with Crippen LogP contribution in [-0.2, 0) is 9.53 Å². The van der Waals surface area contributed by atoms with E-state index < -0.39 is 18.0 Å². The lowest BCUT2D eigenvalue weighted by Crippen LogP contribution is -2.35. The van der Waals surface area contributed by atoms with Gasteiger partial charge in [0.05, 0.1) is 5.56 Å². The number of carbonyl (C=O) groups excluding carboxylic acids is 2. The van der Waals surface area contributed by atoms with E-state index in [0.717, 1.165) is 0 Å². The van der Waals surface area contributed by atoms with E-state index in [1.807, 2.05) is 0 Å². The maximum atomic E-state index is 12.9. The van der Waals surface area contributed by atoms with Gasteiger partial charge >= 0.3 is 5.97 Å². The van der Waals surface area contributed by atoms with Gasteiger partial charge in [0.2, 0.25) is 0 Å². The number of esters is 1. The molecule has 25 heavy (non-hydrogen) atoms. The van der Waals surface area contributed by atoms with Crippen LogP contribution in [0.2, 0.25) is 0 Å². The van der Waals surface area contributed by atoms with Crippen molar-refractivity contribution in [1.82, 2.24) is 5.32 Å². The summed E-state index contributed by atoms with van der Waals surface area (Å²) < 4.78 is 23.5. The third-order valence-electron chi connectivity index (χ3n) is 3.21. The third-order valence-corrected chi connectivity index (χ3v) is 3.21. The number of amides is 1. The molecule has 0 aromatic heterocycles. The highest BCUT2D eigenvalue weighted by atomic mass is 19.1. The lowest BCUT2D eigenvalue weighted by molar-refractivity contribution is -0.128. The maximum absolute atomic E-state index is 12.9. The highest BCUT2D eigenvalue weighted by molar-refractivity contribution is 5.92. The van der Waals surface area contributed by atoms with Crippen LogP contribution < -0.4 is 10.1 Å². The highest BCUT2D eigenvalue weighted by Gasteiger charge is 2.18. The summed E-state index contributed by atoms with van der Waals surface area (Å²) >= 11 is 0. The van der Waals surface area contributed by atoms with Gasteiger partial charge < -0.3 is 14.8 Å². The van der Waals surface area contributed by atoms with Gasteiger partial charge in [-0.3, -0.25) is 4.79 Å². The molecule has 0 radical (unpaired) electrons. The van der Waals surface area contributed by atoms with Gasteiger partial charge in [-0.1, -0.05) is 6.08 Å². The summed E-state index contributed by atoms with van der Waals surface area (Å²) in [6.07, 6.45) is 0.620. The molecule has 1 atom stereocenters. The van der Waals surface area contributed by atoms with Gasteiger partial charge in [-0.05, 0) is 55.5 Å². The van der Waals surface area contributed by atoms with Crippen molar-refractivity contribution in [1.29, 1.82) is 0 Å². The average Bonchev–Trinajstić information content (AvgIpc) is 2.62. The molecule has 0 spiro atoms. The van der Waals surface area contributed by atoms with Gasteiger partial charge in [0.15, 0.2) is 6.10 Å². The summed E-state index contributed by atoms with van der Waals surface area (Å²) in [6.45, 7) is 5.28. The topological polar surface area (TPSA) is 64.6 Å². The van der Waals surface area contributed by atoms with Crippen LogP contribution in [0, 0.1) is 5.82 Å². The molecule has 1 N–H and O–H groups in total. The van der Waals surface area contributed by atoms with E-state index in [2.05, 4.69) is 11.9 Å². The van der Waals surface area contributed by atoms with Crippen molar-refractivity contribution in [2.75, 3.05) is 6.54 Å². The van der Waals surface area contributed by atoms with Crippen molar-refractivity contribution in [3.63, 3.8) is 0 Å². The van der Waals surface area contributed by atoms with Gasteiger partial charge in [-0.2, -0.15) is 0 Å². The maximum Gasteiger partial charge on any atom is 0.338 e. The highest BCUT2D eigenvalue weighted by Crippen LogP contribution is 2.22. The largest absolute Gasteiger partial charge is 0.457 e. The fourth-order valence-electron chi connectivity index (χ4n) is 1.90. The molecule has 0 bridgehead atoms. The zero-order valence-electron chi connectivity index (χ0n) is 13.7. The van der Waals surface area contributed by atoms with E-state index in [4.69, 9.17) is 9.47 Å². The number of benzene rings is 2. The van der Waals surface area contributed by atoms with Crippen LogP contribution >= 0.6 is 0 Å². The molecule has 0 heterocycles. The minimum absolute atomic E-state index is 0.287. The summed E-state index contributed by atoms with van der Waals surface area (Å²) in [7, 11) is 0. The van der Waals surface area contributed by atoms with Crippen molar-refractivity contribution < 1.29 is 23.5 Å². The second kappa shape index (κ2) is 8.63. The lowest BCUT2D eigenvalue weighted by Gasteiger charge is -2.13. The SMILES string of the molecule is C=CCNC(=O)[C@H](C)OC(=O)c1ccc(Oc2ccc(F)cc2)cc1. The fourth-order valence-corrected chi connectivity index (χ4v) is 1.90. The molecule has 0 unspecified atom stereocenters. The molecule has 5 nitrogen and oxygen atoms in total.